The Morgan fingerprint density at radius 2 is 1.33 bits per heavy atom. The maximum Gasteiger partial charge on any atom is 0.261 e. The average Bonchev–Trinajstić information content (AvgIpc) is 2.73. The van der Waals surface area contributed by atoms with Crippen molar-refractivity contribution in [3.8, 4) is 0 Å². The highest BCUT2D eigenvalue weighted by atomic mass is 32.2. The number of hydrogen-bond acceptors (Lipinski definition) is 6. The molecule has 3 aromatic carbocycles. The SMILES string of the molecule is CS(=O)(=O)O.O=S(=O)(c1ccccc1)c1ccc(N2CCNCC2)c2ccccc12. The maximum absolute atomic E-state index is 13.1. The second-order valence-corrected chi connectivity index (χ2v) is 10.3. The van der Waals surface area contributed by atoms with E-state index in [1.54, 1.807) is 30.3 Å². The number of anilines is 1. The van der Waals surface area contributed by atoms with Crippen LogP contribution in [0.25, 0.3) is 10.8 Å². The predicted octanol–water partition coefficient (Wildman–Crippen LogP) is 2.59. The van der Waals surface area contributed by atoms with E-state index in [0.717, 1.165) is 42.6 Å². The standard InChI is InChI=1S/C20H20N2O2S.CH4O3S/c23-25(24,16-6-2-1-3-7-16)20-11-10-19(22-14-12-21-13-15-22)17-8-4-5-9-18(17)20;1-5(2,3)4/h1-11,21H,12-15H2;1H3,(H,2,3,4). The van der Waals surface area contributed by atoms with E-state index in [4.69, 9.17) is 4.55 Å². The first kappa shape index (κ1) is 22.2. The van der Waals surface area contributed by atoms with Crippen LogP contribution < -0.4 is 10.2 Å². The summed E-state index contributed by atoms with van der Waals surface area (Å²) < 4.78 is 52.1. The number of sulfone groups is 1. The number of piperazine rings is 1. The first-order valence-corrected chi connectivity index (χ1v) is 12.7. The van der Waals surface area contributed by atoms with Crippen molar-refractivity contribution in [3.63, 3.8) is 0 Å². The van der Waals surface area contributed by atoms with E-state index in [-0.39, 0.29) is 0 Å². The highest BCUT2D eigenvalue weighted by Gasteiger charge is 2.22. The smallest absolute Gasteiger partial charge is 0.261 e. The molecule has 0 spiro atoms. The number of hydrogen-bond donors (Lipinski definition) is 2. The highest BCUT2D eigenvalue weighted by molar-refractivity contribution is 7.91. The van der Waals surface area contributed by atoms with Crippen molar-refractivity contribution in [3.05, 3.63) is 66.7 Å². The molecule has 7 nitrogen and oxygen atoms in total. The molecule has 1 fully saturated rings. The van der Waals surface area contributed by atoms with Crippen LogP contribution in [0.4, 0.5) is 5.69 Å². The Kier molecular flexibility index (Phi) is 6.77. The lowest BCUT2D eigenvalue weighted by Crippen LogP contribution is -2.43. The van der Waals surface area contributed by atoms with Crippen LogP contribution in [0.1, 0.15) is 0 Å². The number of nitrogens with zero attached hydrogens (tertiary/aromatic N) is 1. The largest absolute Gasteiger partial charge is 0.368 e. The fourth-order valence-corrected chi connectivity index (χ4v) is 4.88. The summed E-state index contributed by atoms with van der Waals surface area (Å²) in [5.41, 5.74) is 1.10. The summed E-state index contributed by atoms with van der Waals surface area (Å²) in [6.07, 6.45) is 0.715. The summed E-state index contributed by atoms with van der Waals surface area (Å²) >= 11 is 0. The Bertz CT molecular complexity index is 1210. The molecule has 0 radical (unpaired) electrons. The van der Waals surface area contributed by atoms with Gasteiger partial charge in [0.15, 0.2) is 0 Å². The van der Waals surface area contributed by atoms with Crippen LogP contribution in [0.5, 0.6) is 0 Å². The minimum absolute atomic E-state index is 0.329. The van der Waals surface area contributed by atoms with Gasteiger partial charge in [-0.2, -0.15) is 8.42 Å². The van der Waals surface area contributed by atoms with Gasteiger partial charge in [0.2, 0.25) is 9.84 Å². The van der Waals surface area contributed by atoms with Crippen LogP contribution in [0.15, 0.2) is 76.5 Å². The van der Waals surface area contributed by atoms with Crippen molar-refractivity contribution in [2.24, 2.45) is 0 Å². The second kappa shape index (κ2) is 9.13. The van der Waals surface area contributed by atoms with E-state index in [9.17, 15) is 16.8 Å². The molecule has 1 heterocycles. The molecule has 160 valence electrons. The molecular weight excluding hydrogens is 424 g/mol. The van der Waals surface area contributed by atoms with Gasteiger partial charge in [-0.05, 0) is 24.3 Å². The number of benzene rings is 3. The van der Waals surface area contributed by atoms with E-state index >= 15 is 0 Å². The molecule has 0 aromatic heterocycles. The predicted molar refractivity (Wildman–Crippen MR) is 118 cm³/mol. The Labute approximate surface area is 177 Å². The summed E-state index contributed by atoms with van der Waals surface area (Å²) in [7, 11) is -7.21. The lowest BCUT2D eigenvalue weighted by molar-refractivity contribution is 0.490. The normalized spacial score (nSPS) is 14.8. The van der Waals surface area contributed by atoms with Gasteiger partial charge in [0.1, 0.15) is 0 Å². The third-order valence-corrected chi connectivity index (χ3v) is 6.49. The van der Waals surface area contributed by atoms with Gasteiger partial charge >= 0.3 is 0 Å². The Morgan fingerprint density at radius 1 is 0.800 bits per heavy atom. The van der Waals surface area contributed by atoms with Crippen molar-refractivity contribution in [1.29, 1.82) is 0 Å². The molecule has 30 heavy (non-hydrogen) atoms. The molecule has 0 unspecified atom stereocenters. The van der Waals surface area contributed by atoms with Crippen molar-refractivity contribution in [2.45, 2.75) is 9.79 Å². The van der Waals surface area contributed by atoms with Gasteiger partial charge in [0.05, 0.1) is 16.0 Å². The number of fused-ring (bicyclic) bond motifs is 1. The highest BCUT2D eigenvalue weighted by Crippen LogP contribution is 2.34. The summed E-state index contributed by atoms with van der Waals surface area (Å²) in [6, 6.07) is 20.1. The molecule has 0 aliphatic carbocycles. The van der Waals surface area contributed by atoms with Crippen LogP contribution in [-0.2, 0) is 20.0 Å². The second-order valence-electron chi connectivity index (χ2n) is 6.91. The van der Waals surface area contributed by atoms with Crippen LogP contribution in [-0.4, -0.2) is 53.8 Å². The molecule has 0 atom stereocenters. The van der Waals surface area contributed by atoms with Crippen LogP contribution in [0.3, 0.4) is 0 Å². The molecule has 9 heteroatoms. The first-order chi connectivity index (χ1) is 14.2. The van der Waals surface area contributed by atoms with E-state index < -0.39 is 20.0 Å². The van der Waals surface area contributed by atoms with Crippen LogP contribution >= 0.6 is 0 Å². The van der Waals surface area contributed by atoms with Crippen molar-refractivity contribution >= 4 is 36.4 Å². The third-order valence-electron chi connectivity index (χ3n) is 4.66. The fraction of sp³-hybridized carbons (Fsp3) is 0.238. The lowest BCUT2D eigenvalue weighted by atomic mass is 10.1. The van der Waals surface area contributed by atoms with Crippen LogP contribution in [0, 0.1) is 0 Å². The fourth-order valence-electron chi connectivity index (χ4n) is 3.40. The van der Waals surface area contributed by atoms with Gasteiger partial charge in [-0.15, -0.1) is 0 Å². The summed E-state index contributed by atoms with van der Waals surface area (Å²) in [5.74, 6) is 0. The molecule has 1 aliphatic heterocycles. The topological polar surface area (TPSA) is 104 Å². The van der Waals surface area contributed by atoms with Crippen molar-refractivity contribution in [1.82, 2.24) is 5.32 Å². The zero-order chi connectivity index (χ0) is 21.8. The molecule has 4 rings (SSSR count). The van der Waals surface area contributed by atoms with Crippen molar-refractivity contribution < 1.29 is 21.4 Å². The lowest BCUT2D eigenvalue weighted by Gasteiger charge is -2.30. The van der Waals surface area contributed by atoms with Gasteiger partial charge in [-0.25, -0.2) is 8.42 Å². The number of rotatable bonds is 3. The first-order valence-electron chi connectivity index (χ1n) is 9.38. The van der Waals surface area contributed by atoms with E-state index in [0.29, 0.717) is 16.0 Å². The summed E-state index contributed by atoms with van der Waals surface area (Å²) in [4.78, 5) is 3.01. The Hall–Kier alpha value is -2.46. The summed E-state index contributed by atoms with van der Waals surface area (Å²) in [5, 5.41) is 5.12. The quantitative estimate of drug-likeness (QED) is 0.594. The van der Waals surface area contributed by atoms with Crippen LogP contribution in [0.2, 0.25) is 0 Å². The van der Waals surface area contributed by atoms with Gasteiger partial charge < -0.3 is 10.2 Å². The average molecular weight is 449 g/mol. The molecular formula is C21H24N2O5S2. The van der Waals surface area contributed by atoms with E-state index in [2.05, 4.69) is 10.2 Å². The number of nitrogens with one attached hydrogen (secondary N) is 1. The molecule has 3 aromatic rings. The monoisotopic (exact) mass is 448 g/mol. The third kappa shape index (κ3) is 5.37. The van der Waals surface area contributed by atoms with Gasteiger partial charge in [-0.1, -0.05) is 42.5 Å². The Balaban J connectivity index is 0.000000461. The molecule has 0 bridgehead atoms. The molecule has 2 N–H and O–H groups in total. The maximum atomic E-state index is 13.1. The van der Waals surface area contributed by atoms with Gasteiger partial charge in [0.25, 0.3) is 10.1 Å². The van der Waals surface area contributed by atoms with Gasteiger partial charge in [0, 0.05) is 42.6 Å². The molecule has 1 saturated heterocycles. The zero-order valence-electron chi connectivity index (χ0n) is 16.5. The minimum atomic E-state index is -3.67. The summed E-state index contributed by atoms with van der Waals surface area (Å²) in [6.45, 7) is 3.74. The molecule has 0 saturated carbocycles. The van der Waals surface area contributed by atoms with E-state index in [1.807, 2.05) is 36.4 Å². The molecule has 0 amide bonds. The van der Waals surface area contributed by atoms with E-state index in [1.165, 1.54) is 0 Å². The Morgan fingerprint density at radius 3 is 1.93 bits per heavy atom. The molecule has 1 aliphatic rings. The minimum Gasteiger partial charge on any atom is -0.368 e. The van der Waals surface area contributed by atoms with Crippen molar-refractivity contribution in [2.75, 3.05) is 37.3 Å². The zero-order valence-corrected chi connectivity index (χ0v) is 18.2. The van der Waals surface area contributed by atoms with Gasteiger partial charge in [-0.3, -0.25) is 4.55 Å².